The second-order valence-electron chi connectivity index (χ2n) is 5.96. The predicted octanol–water partition coefficient (Wildman–Crippen LogP) is 4.68. The van der Waals surface area contributed by atoms with Crippen LogP contribution in [0, 0.1) is 0 Å². The first-order valence-corrected chi connectivity index (χ1v) is 9.24. The van der Waals surface area contributed by atoms with E-state index in [1.54, 1.807) is 19.2 Å². The lowest BCUT2D eigenvalue weighted by Gasteiger charge is -2.23. The Hall–Kier alpha value is -1.72. The van der Waals surface area contributed by atoms with Crippen LogP contribution in [0.25, 0.3) is 0 Å². The predicted molar refractivity (Wildman–Crippen MR) is 101 cm³/mol. The molecule has 132 valence electrons. The van der Waals surface area contributed by atoms with Crippen molar-refractivity contribution in [1.29, 1.82) is 0 Å². The number of carbonyl (C=O) groups excluding carboxylic acids is 1. The SMILES string of the molecule is COc1ccc(CN(C(=O)COc2ccc(Br)cc2Cl)C2CC2)cc1. The van der Waals surface area contributed by atoms with Crippen molar-refractivity contribution in [2.24, 2.45) is 0 Å². The normalized spacial score (nSPS) is 13.4. The van der Waals surface area contributed by atoms with Crippen molar-refractivity contribution in [2.75, 3.05) is 13.7 Å². The molecule has 4 nitrogen and oxygen atoms in total. The van der Waals surface area contributed by atoms with E-state index in [4.69, 9.17) is 21.1 Å². The monoisotopic (exact) mass is 423 g/mol. The number of hydrogen-bond donors (Lipinski definition) is 0. The minimum Gasteiger partial charge on any atom is -0.497 e. The molecule has 1 aliphatic rings. The Balaban J connectivity index is 1.62. The first kappa shape index (κ1) is 18.1. The van der Waals surface area contributed by atoms with Gasteiger partial charge in [0.15, 0.2) is 6.61 Å². The molecule has 0 unspecified atom stereocenters. The molecule has 3 rings (SSSR count). The fraction of sp³-hybridized carbons (Fsp3) is 0.316. The number of methoxy groups -OCH3 is 1. The van der Waals surface area contributed by atoms with Crippen LogP contribution in [0.1, 0.15) is 18.4 Å². The van der Waals surface area contributed by atoms with E-state index < -0.39 is 0 Å². The Morgan fingerprint density at radius 2 is 1.96 bits per heavy atom. The molecule has 2 aromatic rings. The van der Waals surface area contributed by atoms with Crippen LogP contribution >= 0.6 is 27.5 Å². The van der Waals surface area contributed by atoms with Gasteiger partial charge in [-0.1, -0.05) is 39.7 Å². The van der Waals surface area contributed by atoms with Gasteiger partial charge in [-0.25, -0.2) is 0 Å². The van der Waals surface area contributed by atoms with E-state index in [2.05, 4.69) is 15.9 Å². The molecule has 0 bridgehead atoms. The zero-order chi connectivity index (χ0) is 17.8. The lowest BCUT2D eigenvalue weighted by Crippen LogP contribution is -2.36. The summed E-state index contributed by atoms with van der Waals surface area (Å²) < 4.78 is 11.7. The highest BCUT2D eigenvalue weighted by atomic mass is 79.9. The summed E-state index contributed by atoms with van der Waals surface area (Å²) in [6, 6.07) is 13.4. The van der Waals surface area contributed by atoms with Gasteiger partial charge < -0.3 is 14.4 Å². The molecule has 1 amide bonds. The van der Waals surface area contributed by atoms with Crippen LogP contribution in [0.2, 0.25) is 5.02 Å². The third-order valence-electron chi connectivity index (χ3n) is 4.07. The van der Waals surface area contributed by atoms with Gasteiger partial charge in [0.05, 0.1) is 12.1 Å². The minimum atomic E-state index is -0.0303. The summed E-state index contributed by atoms with van der Waals surface area (Å²) in [6.45, 7) is 0.554. The third-order valence-corrected chi connectivity index (χ3v) is 4.85. The average molecular weight is 425 g/mol. The molecule has 0 N–H and O–H groups in total. The van der Waals surface area contributed by atoms with Crippen LogP contribution < -0.4 is 9.47 Å². The highest BCUT2D eigenvalue weighted by Crippen LogP contribution is 2.30. The lowest BCUT2D eigenvalue weighted by molar-refractivity contribution is -0.134. The number of halogens is 2. The maximum absolute atomic E-state index is 12.6. The molecule has 0 aliphatic heterocycles. The molecule has 6 heteroatoms. The Bertz CT molecular complexity index is 747. The second kappa shape index (κ2) is 8.11. The van der Waals surface area contributed by atoms with Gasteiger partial charge in [0.25, 0.3) is 5.91 Å². The summed E-state index contributed by atoms with van der Waals surface area (Å²) >= 11 is 9.48. The maximum Gasteiger partial charge on any atom is 0.261 e. The lowest BCUT2D eigenvalue weighted by atomic mass is 10.2. The number of hydrogen-bond acceptors (Lipinski definition) is 3. The zero-order valence-electron chi connectivity index (χ0n) is 13.9. The molecule has 0 heterocycles. The fourth-order valence-corrected chi connectivity index (χ4v) is 3.28. The van der Waals surface area contributed by atoms with Gasteiger partial charge in [-0.3, -0.25) is 4.79 Å². The molecular weight excluding hydrogens is 406 g/mol. The molecule has 2 aromatic carbocycles. The van der Waals surface area contributed by atoms with Gasteiger partial charge in [0.2, 0.25) is 0 Å². The molecule has 0 spiro atoms. The van der Waals surface area contributed by atoms with Gasteiger partial charge in [-0.2, -0.15) is 0 Å². The summed E-state index contributed by atoms with van der Waals surface area (Å²) in [5, 5.41) is 0.482. The largest absolute Gasteiger partial charge is 0.497 e. The summed E-state index contributed by atoms with van der Waals surface area (Å²) in [5.74, 6) is 1.29. The summed E-state index contributed by atoms with van der Waals surface area (Å²) in [5.41, 5.74) is 1.07. The van der Waals surface area contributed by atoms with E-state index in [0.29, 0.717) is 23.4 Å². The Morgan fingerprint density at radius 1 is 1.24 bits per heavy atom. The topological polar surface area (TPSA) is 38.8 Å². The van der Waals surface area contributed by atoms with Crippen LogP contribution in [-0.4, -0.2) is 30.6 Å². The molecule has 1 aliphatic carbocycles. The first-order valence-electron chi connectivity index (χ1n) is 8.07. The Kier molecular flexibility index (Phi) is 5.86. The van der Waals surface area contributed by atoms with E-state index in [-0.39, 0.29) is 12.5 Å². The van der Waals surface area contributed by atoms with Crippen LogP contribution in [0.5, 0.6) is 11.5 Å². The van der Waals surface area contributed by atoms with Crippen molar-refractivity contribution in [3.05, 3.63) is 57.5 Å². The smallest absolute Gasteiger partial charge is 0.261 e. The second-order valence-corrected chi connectivity index (χ2v) is 7.29. The minimum absolute atomic E-state index is 0.0198. The van der Waals surface area contributed by atoms with Gasteiger partial charge >= 0.3 is 0 Å². The Morgan fingerprint density at radius 3 is 2.56 bits per heavy atom. The van der Waals surface area contributed by atoms with Crippen molar-refractivity contribution in [2.45, 2.75) is 25.4 Å². The van der Waals surface area contributed by atoms with Crippen LogP contribution in [-0.2, 0) is 11.3 Å². The van der Waals surface area contributed by atoms with Crippen molar-refractivity contribution in [1.82, 2.24) is 4.90 Å². The molecule has 0 aromatic heterocycles. The molecule has 0 radical (unpaired) electrons. The number of amides is 1. The third kappa shape index (κ3) is 4.89. The Labute approximate surface area is 160 Å². The first-order chi connectivity index (χ1) is 12.1. The quantitative estimate of drug-likeness (QED) is 0.648. The molecule has 0 saturated heterocycles. The summed E-state index contributed by atoms with van der Waals surface area (Å²) in [7, 11) is 1.64. The van der Waals surface area contributed by atoms with E-state index in [9.17, 15) is 4.79 Å². The van der Waals surface area contributed by atoms with Gasteiger partial charge in [0.1, 0.15) is 11.5 Å². The number of nitrogens with zero attached hydrogens (tertiary/aromatic N) is 1. The average Bonchev–Trinajstić information content (AvgIpc) is 3.44. The maximum atomic E-state index is 12.6. The van der Waals surface area contributed by atoms with Gasteiger partial charge in [0, 0.05) is 17.1 Å². The zero-order valence-corrected chi connectivity index (χ0v) is 16.2. The number of rotatable bonds is 7. The van der Waals surface area contributed by atoms with Crippen LogP contribution in [0.15, 0.2) is 46.9 Å². The number of benzene rings is 2. The standard InChI is InChI=1S/C19H19BrClNO3/c1-24-16-7-2-13(3-8-16)11-22(15-5-6-15)19(23)12-25-18-9-4-14(20)10-17(18)21/h2-4,7-10,15H,5-6,11-12H2,1H3. The van der Waals surface area contributed by atoms with Crippen molar-refractivity contribution < 1.29 is 14.3 Å². The summed E-state index contributed by atoms with van der Waals surface area (Å²) in [4.78, 5) is 14.5. The molecular formula is C19H19BrClNO3. The molecule has 0 atom stereocenters. The van der Waals surface area contributed by atoms with Crippen molar-refractivity contribution in [3.8, 4) is 11.5 Å². The van der Waals surface area contributed by atoms with Gasteiger partial charge in [-0.15, -0.1) is 0 Å². The van der Waals surface area contributed by atoms with Gasteiger partial charge in [-0.05, 0) is 48.7 Å². The fourth-order valence-electron chi connectivity index (χ4n) is 2.55. The number of carbonyl (C=O) groups is 1. The van der Waals surface area contributed by atoms with Crippen molar-refractivity contribution >= 4 is 33.4 Å². The van der Waals surface area contributed by atoms with E-state index in [0.717, 1.165) is 28.6 Å². The van der Waals surface area contributed by atoms with E-state index >= 15 is 0 Å². The van der Waals surface area contributed by atoms with Crippen molar-refractivity contribution in [3.63, 3.8) is 0 Å². The van der Waals surface area contributed by atoms with Crippen LogP contribution in [0.3, 0.4) is 0 Å². The van der Waals surface area contributed by atoms with E-state index in [1.807, 2.05) is 35.2 Å². The molecule has 1 saturated carbocycles. The molecule has 25 heavy (non-hydrogen) atoms. The van der Waals surface area contributed by atoms with Crippen LogP contribution in [0.4, 0.5) is 0 Å². The highest BCUT2D eigenvalue weighted by Gasteiger charge is 2.32. The van der Waals surface area contributed by atoms with E-state index in [1.165, 1.54) is 0 Å². The number of ether oxygens (including phenoxy) is 2. The molecule has 1 fully saturated rings. The highest BCUT2D eigenvalue weighted by molar-refractivity contribution is 9.10. The summed E-state index contributed by atoms with van der Waals surface area (Å²) in [6.07, 6.45) is 2.09.